The van der Waals surface area contributed by atoms with E-state index in [2.05, 4.69) is 4.98 Å². The Morgan fingerprint density at radius 2 is 1.85 bits per heavy atom. The van der Waals surface area contributed by atoms with Crippen LogP contribution in [0.2, 0.25) is 0 Å². The van der Waals surface area contributed by atoms with Crippen LogP contribution in [0.5, 0.6) is 17.2 Å². The van der Waals surface area contributed by atoms with E-state index in [-0.39, 0.29) is 36.6 Å². The molecule has 3 aromatic carbocycles. The summed E-state index contributed by atoms with van der Waals surface area (Å²) in [5.41, 5.74) is 3.03. The molecule has 2 aliphatic rings. The minimum atomic E-state index is -1.15. The van der Waals surface area contributed by atoms with E-state index in [0.29, 0.717) is 38.3 Å². The third kappa shape index (κ3) is 7.56. The summed E-state index contributed by atoms with van der Waals surface area (Å²) in [5.74, 6) is -3.01. The maximum atomic E-state index is 14.1. The number of benzene rings is 3. The van der Waals surface area contributed by atoms with Gasteiger partial charge in [-0.1, -0.05) is 30.3 Å². The molecule has 52 heavy (non-hydrogen) atoms. The van der Waals surface area contributed by atoms with Gasteiger partial charge in [0.2, 0.25) is 11.8 Å². The number of halogens is 1. The topological polar surface area (TPSA) is 173 Å². The molecule has 1 aromatic heterocycles. The van der Waals surface area contributed by atoms with Gasteiger partial charge in [-0.05, 0) is 113 Å². The number of nitrogens with zero attached hydrogens (tertiary/aromatic N) is 3. The summed E-state index contributed by atoms with van der Waals surface area (Å²) in [5, 5.41) is 44.8. The number of phenolic OH excluding ortho intramolecular Hbond substituents is 1. The van der Waals surface area contributed by atoms with Gasteiger partial charge in [0.1, 0.15) is 12.4 Å². The summed E-state index contributed by atoms with van der Waals surface area (Å²) in [6.45, 7) is -0.526. The zero-order chi connectivity index (χ0) is 36.9. The van der Waals surface area contributed by atoms with E-state index in [4.69, 9.17) is 9.47 Å². The van der Waals surface area contributed by atoms with Crippen molar-refractivity contribution in [2.75, 3.05) is 25.2 Å². The minimum absolute atomic E-state index is 0.00306. The lowest BCUT2D eigenvalue weighted by Gasteiger charge is -2.36. The van der Waals surface area contributed by atoms with Crippen LogP contribution < -0.4 is 14.4 Å². The summed E-state index contributed by atoms with van der Waals surface area (Å²) in [6.07, 6.45) is 3.01. The summed E-state index contributed by atoms with van der Waals surface area (Å²) < 4.78 is 12.1. The number of carbonyl (C=O) groups excluding carboxylic acids is 2. The zero-order valence-corrected chi connectivity index (χ0v) is 30.3. The molecule has 0 unspecified atom stereocenters. The number of fused-ring (bicyclic) bond motifs is 1. The number of non-ortho nitro benzene ring substituents is 1. The van der Waals surface area contributed by atoms with Crippen LogP contribution in [-0.4, -0.2) is 63.5 Å². The standard InChI is InChI=1S/C39H36IN3O9/c1-51-34-18-23(17-31(40)37(34)46)16-24(32-12-5-6-15-41-32)13-14-33(45)35-25(22-52-28-10-3-2-4-11-28)19-29-36(30(35)21-44)39(48)42(38(29)47)26-8-7-9-27(20-26)43(49)50/h2-12,15-18,20,29-30,33,36,44-46H,13-14,19,21-22H2,1H3/b24-16-/t29-,30+,33-,36-/m1/s1. The average molecular weight is 818 g/mol. The molecule has 1 aliphatic carbocycles. The molecular formula is C39H36IN3O9. The van der Waals surface area contributed by atoms with Crippen molar-refractivity contribution in [2.24, 2.45) is 17.8 Å². The van der Waals surface area contributed by atoms with Gasteiger partial charge in [-0.25, -0.2) is 4.90 Å². The molecule has 4 aromatic rings. The minimum Gasteiger partial charge on any atom is -0.504 e. The van der Waals surface area contributed by atoms with Gasteiger partial charge < -0.3 is 24.8 Å². The Labute approximate surface area is 313 Å². The molecule has 1 fully saturated rings. The number of anilines is 1. The number of pyridine rings is 1. The highest BCUT2D eigenvalue weighted by molar-refractivity contribution is 14.1. The highest BCUT2D eigenvalue weighted by Crippen LogP contribution is 2.48. The average Bonchev–Trinajstić information content (AvgIpc) is 3.41. The number of aliphatic hydroxyl groups excluding tert-OH is 2. The number of methoxy groups -OCH3 is 1. The Morgan fingerprint density at radius 3 is 2.54 bits per heavy atom. The molecule has 2 amide bonds. The molecule has 0 radical (unpaired) electrons. The van der Waals surface area contributed by atoms with Crippen LogP contribution in [0.25, 0.3) is 11.6 Å². The number of allylic oxidation sites excluding steroid dienone is 1. The van der Waals surface area contributed by atoms with Crippen molar-refractivity contribution < 1.29 is 39.3 Å². The summed E-state index contributed by atoms with van der Waals surface area (Å²) in [4.78, 5) is 44.4. The van der Waals surface area contributed by atoms with Crippen molar-refractivity contribution >= 4 is 57.4 Å². The largest absolute Gasteiger partial charge is 0.504 e. The van der Waals surface area contributed by atoms with Gasteiger partial charge in [0, 0.05) is 24.2 Å². The number of nitro benzene ring substituents is 1. The first-order valence-corrected chi connectivity index (χ1v) is 17.7. The third-order valence-corrected chi connectivity index (χ3v) is 10.3. The number of aromatic nitrogens is 1. The Bertz CT molecular complexity index is 2040. The first-order valence-electron chi connectivity index (χ1n) is 16.6. The molecule has 0 spiro atoms. The number of ether oxygens (including phenoxy) is 2. The fourth-order valence-electron chi connectivity index (χ4n) is 7.09. The molecular weight excluding hydrogens is 781 g/mol. The van der Waals surface area contributed by atoms with Crippen LogP contribution >= 0.6 is 22.6 Å². The SMILES string of the molecule is COc1cc(/C=C(/CC[C@@H](O)C2=C(COc3ccccc3)C[C@H]3C(=O)N(c4cccc([N+](=O)[O-])c4)C(=O)[C@H]3[C@H]2CO)c2ccccn2)cc(I)c1O. The van der Waals surface area contributed by atoms with Gasteiger partial charge in [-0.15, -0.1) is 0 Å². The highest BCUT2D eigenvalue weighted by atomic mass is 127. The van der Waals surface area contributed by atoms with E-state index in [1.807, 2.05) is 59.0 Å². The van der Waals surface area contributed by atoms with Crippen LogP contribution in [0.1, 0.15) is 30.5 Å². The van der Waals surface area contributed by atoms with Gasteiger partial charge in [0.15, 0.2) is 11.5 Å². The molecule has 3 N–H and O–H groups in total. The van der Waals surface area contributed by atoms with Crippen molar-refractivity contribution in [1.82, 2.24) is 4.98 Å². The summed E-state index contributed by atoms with van der Waals surface area (Å²) >= 11 is 2.03. The molecule has 12 nitrogen and oxygen atoms in total. The van der Waals surface area contributed by atoms with Crippen molar-refractivity contribution in [3.8, 4) is 17.2 Å². The van der Waals surface area contributed by atoms with Crippen LogP contribution in [0.15, 0.2) is 102 Å². The lowest BCUT2D eigenvalue weighted by atomic mass is 9.68. The van der Waals surface area contributed by atoms with Crippen LogP contribution in [0.4, 0.5) is 11.4 Å². The van der Waals surface area contributed by atoms with E-state index in [0.717, 1.165) is 16.0 Å². The highest BCUT2D eigenvalue weighted by Gasteiger charge is 2.55. The number of nitro groups is 1. The molecule has 268 valence electrons. The third-order valence-electron chi connectivity index (χ3n) is 9.49. The summed E-state index contributed by atoms with van der Waals surface area (Å²) in [7, 11) is 1.47. The normalized spacial score (nSPS) is 19.4. The number of aromatic hydroxyl groups is 1. The van der Waals surface area contributed by atoms with Gasteiger partial charge in [0.05, 0.1) is 51.5 Å². The molecule has 1 aliphatic heterocycles. The molecule has 0 bridgehead atoms. The fraction of sp³-hybridized carbons (Fsp3) is 0.256. The predicted octanol–water partition coefficient (Wildman–Crippen LogP) is 6.18. The van der Waals surface area contributed by atoms with Crippen LogP contribution in [0, 0.1) is 31.4 Å². The number of carbonyl (C=O) groups is 2. The summed E-state index contributed by atoms with van der Waals surface area (Å²) in [6, 6.07) is 23.4. The number of hydrogen-bond donors (Lipinski definition) is 3. The molecule has 13 heteroatoms. The first-order chi connectivity index (χ1) is 25.1. The molecule has 0 saturated carbocycles. The van der Waals surface area contributed by atoms with Gasteiger partial charge in [0.25, 0.3) is 5.69 Å². The number of phenols is 1. The lowest BCUT2D eigenvalue weighted by molar-refractivity contribution is -0.384. The van der Waals surface area contributed by atoms with E-state index in [1.54, 1.807) is 36.5 Å². The number of imide groups is 1. The molecule has 1 saturated heterocycles. The monoisotopic (exact) mass is 817 g/mol. The van der Waals surface area contributed by atoms with Crippen molar-refractivity contribution in [1.29, 1.82) is 0 Å². The van der Waals surface area contributed by atoms with Crippen LogP contribution in [0.3, 0.4) is 0 Å². The van der Waals surface area contributed by atoms with Gasteiger partial charge in [-0.3, -0.25) is 24.7 Å². The Morgan fingerprint density at radius 1 is 1.08 bits per heavy atom. The van der Waals surface area contributed by atoms with E-state index >= 15 is 0 Å². The number of amides is 2. The van der Waals surface area contributed by atoms with E-state index in [1.165, 1.54) is 31.4 Å². The lowest BCUT2D eigenvalue weighted by Crippen LogP contribution is -2.40. The second-order valence-electron chi connectivity index (χ2n) is 12.6. The smallest absolute Gasteiger partial charge is 0.271 e. The van der Waals surface area contributed by atoms with E-state index in [9.17, 15) is 35.0 Å². The Hall–Kier alpha value is -5.12. The second kappa shape index (κ2) is 16.0. The number of rotatable bonds is 13. The number of hydrogen-bond acceptors (Lipinski definition) is 10. The Kier molecular flexibility index (Phi) is 11.3. The maximum absolute atomic E-state index is 14.1. The van der Waals surface area contributed by atoms with Crippen molar-refractivity contribution in [2.45, 2.75) is 25.4 Å². The van der Waals surface area contributed by atoms with E-state index < -0.39 is 47.2 Å². The van der Waals surface area contributed by atoms with Crippen molar-refractivity contribution in [3.63, 3.8) is 0 Å². The quantitative estimate of drug-likeness (QED) is 0.0465. The molecule has 6 rings (SSSR count). The molecule has 2 heterocycles. The van der Waals surface area contributed by atoms with Crippen LogP contribution in [-0.2, 0) is 9.59 Å². The number of aliphatic hydroxyl groups is 2. The maximum Gasteiger partial charge on any atom is 0.271 e. The number of para-hydroxylation sites is 1. The Balaban J connectivity index is 1.35. The predicted molar refractivity (Wildman–Crippen MR) is 201 cm³/mol. The fourth-order valence-corrected chi connectivity index (χ4v) is 7.71. The van der Waals surface area contributed by atoms with Gasteiger partial charge >= 0.3 is 0 Å². The second-order valence-corrected chi connectivity index (χ2v) is 13.7. The zero-order valence-electron chi connectivity index (χ0n) is 28.1. The van der Waals surface area contributed by atoms with Crippen molar-refractivity contribution in [3.05, 3.63) is 127 Å². The molecule has 4 atom stereocenters. The first kappa shape index (κ1) is 36.7. The van der Waals surface area contributed by atoms with Gasteiger partial charge in [-0.2, -0.15) is 0 Å².